The van der Waals surface area contributed by atoms with Crippen molar-refractivity contribution in [3.63, 3.8) is 0 Å². The van der Waals surface area contributed by atoms with Gasteiger partial charge in [0.25, 0.3) is 0 Å². The summed E-state index contributed by atoms with van der Waals surface area (Å²) in [7, 11) is 1.92. The van der Waals surface area contributed by atoms with Crippen molar-refractivity contribution in [2.24, 2.45) is 7.05 Å². The summed E-state index contributed by atoms with van der Waals surface area (Å²) in [6.07, 6.45) is 5.29. The second kappa shape index (κ2) is 7.58. The minimum absolute atomic E-state index is 0.0865. The highest BCUT2D eigenvalue weighted by atomic mass is 19.1. The number of hydrogen-bond acceptors (Lipinski definition) is 3. The lowest BCUT2D eigenvalue weighted by Gasteiger charge is -2.32. The fourth-order valence-electron chi connectivity index (χ4n) is 3.99. The Bertz CT molecular complexity index is 814. The minimum atomic E-state index is -0.371. The number of aryl methyl sites for hydroxylation is 1. The molecule has 1 aromatic heterocycles. The molecule has 0 radical (unpaired) electrons. The monoisotopic (exact) mass is 372 g/mol. The van der Waals surface area contributed by atoms with E-state index < -0.39 is 0 Å². The highest BCUT2D eigenvalue weighted by molar-refractivity contribution is 5.75. The first kappa shape index (κ1) is 17.8. The van der Waals surface area contributed by atoms with Gasteiger partial charge < -0.3 is 15.0 Å². The number of benzene rings is 1. The highest BCUT2D eigenvalue weighted by Crippen LogP contribution is 2.34. The van der Waals surface area contributed by atoms with Gasteiger partial charge in [0.05, 0.1) is 18.3 Å². The van der Waals surface area contributed by atoms with Crippen molar-refractivity contribution in [1.82, 2.24) is 20.0 Å². The lowest BCUT2D eigenvalue weighted by Crippen LogP contribution is -2.45. The van der Waals surface area contributed by atoms with Gasteiger partial charge in [-0.3, -0.25) is 4.68 Å². The molecule has 0 bridgehead atoms. The van der Waals surface area contributed by atoms with Crippen LogP contribution in [0.25, 0.3) is 0 Å². The Morgan fingerprint density at radius 3 is 2.81 bits per heavy atom. The van der Waals surface area contributed by atoms with Crippen molar-refractivity contribution in [3.05, 3.63) is 47.5 Å². The van der Waals surface area contributed by atoms with Crippen LogP contribution in [0.3, 0.4) is 0 Å². The van der Waals surface area contributed by atoms with Crippen LogP contribution in [-0.4, -0.2) is 40.4 Å². The van der Waals surface area contributed by atoms with E-state index >= 15 is 0 Å². The molecule has 6 nitrogen and oxygen atoms in total. The first-order valence-electron chi connectivity index (χ1n) is 9.58. The number of hydrogen-bond donors (Lipinski definition) is 1. The van der Waals surface area contributed by atoms with Crippen molar-refractivity contribution in [1.29, 1.82) is 0 Å². The number of nitrogens with zero attached hydrogens (tertiary/aromatic N) is 3. The third-order valence-corrected chi connectivity index (χ3v) is 5.49. The smallest absolute Gasteiger partial charge is 0.317 e. The summed E-state index contributed by atoms with van der Waals surface area (Å²) >= 11 is 0. The van der Waals surface area contributed by atoms with Gasteiger partial charge >= 0.3 is 6.03 Å². The number of ether oxygens (including phenoxy) is 1. The number of aromatic nitrogens is 2. The molecule has 4 rings (SSSR count). The Balaban J connectivity index is 1.39. The second-order valence-corrected chi connectivity index (χ2v) is 7.33. The molecule has 1 aromatic carbocycles. The summed E-state index contributed by atoms with van der Waals surface area (Å²) < 4.78 is 21.4. The molecule has 2 aliphatic rings. The predicted molar refractivity (Wildman–Crippen MR) is 99.2 cm³/mol. The first-order chi connectivity index (χ1) is 13.1. The maximum atomic E-state index is 14.1. The lowest BCUT2D eigenvalue weighted by molar-refractivity contribution is 0.176. The molecule has 2 amide bonds. The quantitative estimate of drug-likeness (QED) is 0.879. The van der Waals surface area contributed by atoms with E-state index in [4.69, 9.17) is 4.74 Å². The molecule has 3 heterocycles. The van der Waals surface area contributed by atoms with Crippen LogP contribution in [0.5, 0.6) is 5.75 Å². The number of piperidine rings is 1. The van der Waals surface area contributed by atoms with E-state index in [0.717, 1.165) is 36.9 Å². The van der Waals surface area contributed by atoms with Crippen molar-refractivity contribution < 1.29 is 13.9 Å². The number of para-hydroxylation sites is 1. The van der Waals surface area contributed by atoms with Gasteiger partial charge in [-0.05, 0) is 37.8 Å². The van der Waals surface area contributed by atoms with Crippen LogP contribution in [0.4, 0.5) is 9.18 Å². The van der Waals surface area contributed by atoms with Gasteiger partial charge in [0.1, 0.15) is 0 Å². The maximum absolute atomic E-state index is 14.1. The molecule has 7 heteroatoms. The lowest BCUT2D eigenvalue weighted by atomic mass is 9.94. The average Bonchev–Trinajstić information content (AvgIpc) is 3.00. The Morgan fingerprint density at radius 2 is 2.07 bits per heavy atom. The number of rotatable bonds is 2. The van der Waals surface area contributed by atoms with E-state index in [1.807, 2.05) is 28.9 Å². The van der Waals surface area contributed by atoms with E-state index in [1.54, 1.807) is 6.07 Å². The third kappa shape index (κ3) is 3.77. The van der Waals surface area contributed by atoms with Gasteiger partial charge in [-0.15, -0.1) is 0 Å². The molecule has 1 saturated heterocycles. The number of halogens is 1. The number of likely N-dealkylation sites (tertiary alicyclic amines) is 1. The zero-order chi connectivity index (χ0) is 18.8. The molecule has 2 aromatic rings. The predicted octanol–water partition coefficient (Wildman–Crippen LogP) is 3.36. The molecular weight excluding hydrogens is 347 g/mol. The van der Waals surface area contributed by atoms with E-state index in [-0.39, 0.29) is 23.6 Å². The molecule has 0 spiro atoms. The molecule has 0 saturated carbocycles. The normalized spacial score (nSPS) is 20.5. The highest BCUT2D eigenvalue weighted by Gasteiger charge is 2.28. The molecule has 1 atom stereocenters. The van der Waals surface area contributed by atoms with Crippen molar-refractivity contribution in [3.8, 4) is 5.75 Å². The van der Waals surface area contributed by atoms with Crippen LogP contribution in [-0.2, 0) is 7.05 Å². The van der Waals surface area contributed by atoms with Crippen LogP contribution in [0.15, 0.2) is 30.5 Å². The molecular formula is C20H25FN4O2. The SMILES string of the molecule is Cn1ccc(C2CCN(C(=O)NC3CCCOc4c(F)cccc43)CC2)n1. The molecule has 1 unspecified atom stereocenters. The third-order valence-electron chi connectivity index (χ3n) is 5.49. The fraction of sp³-hybridized carbons (Fsp3) is 0.500. The van der Waals surface area contributed by atoms with Crippen LogP contribution >= 0.6 is 0 Å². The number of fused-ring (bicyclic) bond motifs is 1. The zero-order valence-corrected chi connectivity index (χ0v) is 15.5. The summed E-state index contributed by atoms with van der Waals surface area (Å²) in [5.41, 5.74) is 1.83. The maximum Gasteiger partial charge on any atom is 0.317 e. The standard InChI is InChI=1S/C20H25FN4O2/c1-24-10-9-17(23-24)14-7-11-25(12-8-14)20(26)22-18-6-3-13-27-19-15(18)4-2-5-16(19)21/h2,4-5,9-10,14,18H,3,6-8,11-13H2,1H3,(H,22,26). The fourth-order valence-corrected chi connectivity index (χ4v) is 3.99. The Labute approximate surface area is 158 Å². The summed E-state index contributed by atoms with van der Waals surface area (Å²) in [4.78, 5) is 14.6. The summed E-state index contributed by atoms with van der Waals surface area (Å²) in [6.45, 7) is 1.87. The first-order valence-corrected chi connectivity index (χ1v) is 9.58. The molecule has 27 heavy (non-hydrogen) atoms. The van der Waals surface area contributed by atoms with Crippen LogP contribution in [0.2, 0.25) is 0 Å². The summed E-state index contributed by atoms with van der Waals surface area (Å²) in [5.74, 6) is 0.301. The summed E-state index contributed by atoms with van der Waals surface area (Å²) in [6, 6.07) is 6.64. The number of urea groups is 1. The van der Waals surface area contributed by atoms with Gasteiger partial charge in [0.15, 0.2) is 11.6 Å². The van der Waals surface area contributed by atoms with Crippen molar-refractivity contribution >= 4 is 6.03 Å². The van der Waals surface area contributed by atoms with Crippen LogP contribution < -0.4 is 10.1 Å². The van der Waals surface area contributed by atoms with Gasteiger partial charge in [-0.25, -0.2) is 9.18 Å². The second-order valence-electron chi connectivity index (χ2n) is 7.33. The Hall–Kier alpha value is -2.57. The van der Waals surface area contributed by atoms with E-state index in [2.05, 4.69) is 16.5 Å². The van der Waals surface area contributed by atoms with Crippen molar-refractivity contribution in [2.75, 3.05) is 19.7 Å². The number of nitrogens with one attached hydrogen (secondary N) is 1. The zero-order valence-electron chi connectivity index (χ0n) is 15.5. The molecule has 144 valence electrons. The number of carbonyl (C=O) groups is 1. The Kier molecular flexibility index (Phi) is 5.01. The molecule has 2 aliphatic heterocycles. The topological polar surface area (TPSA) is 59.4 Å². The van der Waals surface area contributed by atoms with Crippen LogP contribution in [0, 0.1) is 5.82 Å². The van der Waals surface area contributed by atoms with Gasteiger partial charge in [-0.1, -0.05) is 12.1 Å². The molecule has 1 N–H and O–H groups in total. The Morgan fingerprint density at radius 1 is 1.26 bits per heavy atom. The van der Waals surface area contributed by atoms with Gasteiger partial charge in [0.2, 0.25) is 0 Å². The van der Waals surface area contributed by atoms with E-state index in [1.165, 1.54) is 6.07 Å². The largest absolute Gasteiger partial charge is 0.490 e. The summed E-state index contributed by atoms with van der Waals surface area (Å²) in [5, 5.41) is 7.58. The molecule has 0 aliphatic carbocycles. The van der Waals surface area contributed by atoms with Gasteiger partial charge in [0, 0.05) is 37.8 Å². The molecule has 1 fully saturated rings. The van der Waals surface area contributed by atoms with Crippen molar-refractivity contribution in [2.45, 2.75) is 37.6 Å². The number of carbonyl (C=O) groups excluding carboxylic acids is 1. The van der Waals surface area contributed by atoms with E-state index in [9.17, 15) is 9.18 Å². The number of amides is 2. The van der Waals surface area contributed by atoms with Crippen LogP contribution in [0.1, 0.15) is 48.9 Å². The van der Waals surface area contributed by atoms with Gasteiger partial charge in [-0.2, -0.15) is 5.10 Å². The minimum Gasteiger partial charge on any atom is -0.490 e. The van der Waals surface area contributed by atoms with E-state index in [0.29, 0.717) is 25.6 Å². The average molecular weight is 372 g/mol.